The van der Waals surface area contributed by atoms with Crippen LogP contribution < -0.4 is 9.64 Å². The first-order chi connectivity index (χ1) is 13.6. The van der Waals surface area contributed by atoms with Crippen molar-refractivity contribution in [2.45, 2.75) is 36.7 Å². The predicted octanol–water partition coefficient (Wildman–Crippen LogP) is 4.34. The molecule has 2 atom stereocenters. The summed E-state index contributed by atoms with van der Waals surface area (Å²) < 4.78 is 7.22. The van der Waals surface area contributed by atoms with Crippen molar-refractivity contribution in [3.05, 3.63) is 66.5 Å². The summed E-state index contributed by atoms with van der Waals surface area (Å²) in [7, 11) is 1.65. The van der Waals surface area contributed by atoms with Crippen LogP contribution in [0.25, 0.3) is 5.69 Å². The Morgan fingerprint density at radius 2 is 1.96 bits per heavy atom. The number of hydrogen-bond acceptors (Lipinski definition) is 4. The third-order valence-corrected chi connectivity index (χ3v) is 6.10. The minimum Gasteiger partial charge on any atom is -0.497 e. The van der Waals surface area contributed by atoms with Crippen molar-refractivity contribution < 1.29 is 9.53 Å². The van der Waals surface area contributed by atoms with Crippen LogP contribution in [-0.4, -0.2) is 33.9 Å². The van der Waals surface area contributed by atoms with Gasteiger partial charge in [-0.3, -0.25) is 9.36 Å². The molecule has 6 heteroatoms. The smallest absolute Gasteiger partial charge is 0.240 e. The van der Waals surface area contributed by atoms with Gasteiger partial charge in [0.2, 0.25) is 5.91 Å². The first-order valence-corrected chi connectivity index (χ1v) is 10.2. The van der Waals surface area contributed by atoms with Gasteiger partial charge in [0.15, 0.2) is 5.16 Å². The molecule has 3 aromatic rings. The molecule has 1 amide bonds. The molecule has 0 N–H and O–H groups in total. The summed E-state index contributed by atoms with van der Waals surface area (Å²) in [6.45, 7) is 4.06. The van der Waals surface area contributed by atoms with Gasteiger partial charge in [0.05, 0.1) is 12.4 Å². The van der Waals surface area contributed by atoms with E-state index in [-0.39, 0.29) is 17.2 Å². The maximum Gasteiger partial charge on any atom is 0.240 e. The van der Waals surface area contributed by atoms with E-state index in [0.717, 1.165) is 28.7 Å². The summed E-state index contributed by atoms with van der Waals surface area (Å²) in [5.74, 6) is 0.926. The first kappa shape index (κ1) is 18.6. The van der Waals surface area contributed by atoms with E-state index in [1.807, 2.05) is 65.1 Å². The average Bonchev–Trinajstić information content (AvgIpc) is 3.30. The Balaban J connectivity index is 1.54. The third-order valence-electron chi connectivity index (χ3n) is 5.03. The molecule has 2 heterocycles. The Labute approximate surface area is 169 Å². The zero-order chi connectivity index (χ0) is 19.7. The van der Waals surface area contributed by atoms with Crippen molar-refractivity contribution in [1.29, 1.82) is 0 Å². The molecule has 5 nitrogen and oxygen atoms in total. The fraction of sp³-hybridized carbons (Fsp3) is 0.273. The lowest BCUT2D eigenvalue weighted by Gasteiger charge is -2.25. The molecule has 2 unspecified atom stereocenters. The van der Waals surface area contributed by atoms with E-state index in [0.29, 0.717) is 0 Å². The minimum atomic E-state index is -0.243. The molecule has 0 saturated heterocycles. The van der Waals surface area contributed by atoms with Gasteiger partial charge in [-0.15, -0.1) is 0 Å². The molecule has 0 radical (unpaired) electrons. The topological polar surface area (TPSA) is 47.4 Å². The molecule has 2 aromatic carbocycles. The summed E-state index contributed by atoms with van der Waals surface area (Å²) in [5, 5.41) is 0.555. The lowest BCUT2D eigenvalue weighted by Crippen LogP contribution is -2.40. The number of hydrogen-bond donors (Lipinski definition) is 0. The first-order valence-electron chi connectivity index (χ1n) is 9.34. The predicted molar refractivity (Wildman–Crippen MR) is 113 cm³/mol. The van der Waals surface area contributed by atoms with Gasteiger partial charge in [-0.05, 0) is 56.2 Å². The molecule has 0 saturated carbocycles. The van der Waals surface area contributed by atoms with Gasteiger partial charge in [-0.2, -0.15) is 0 Å². The molecule has 1 aliphatic heterocycles. The van der Waals surface area contributed by atoms with Crippen molar-refractivity contribution >= 4 is 23.4 Å². The van der Waals surface area contributed by atoms with Gasteiger partial charge in [0.1, 0.15) is 5.75 Å². The Morgan fingerprint density at radius 3 is 2.71 bits per heavy atom. The number of thioether (sulfide) groups is 1. The second-order valence-electron chi connectivity index (χ2n) is 6.93. The molecule has 0 fully saturated rings. The van der Waals surface area contributed by atoms with Crippen molar-refractivity contribution in [2.75, 3.05) is 12.0 Å². The van der Waals surface area contributed by atoms with E-state index in [1.54, 1.807) is 13.3 Å². The number of carbonyl (C=O) groups excluding carboxylic acids is 1. The number of amides is 1. The second-order valence-corrected chi connectivity index (χ2v) is 8.24. The van der Waals surface area contributed by atoms with Crippen LogP contribution in [0.15, 0.2) is 66.1 Å². The second kappa shape index (κ2) is 7.72. The van der Waals surface area contributed by atoms with Crippen LogP contribution >= 0.6 is 11.8 Å². The number of fused-ring (bicyclic) bond motifs is 1. The molecule has 4 rings (SSSR count). The van der Waals surface area contributed by atoms with Crippen LogP contribution in [0.4, 0.5) is 5.69 Å². The number of anilines is 1. The largest absolute Gasteiger partial charge is 0.497 e. The summed E-state index contributed by atoms with van der Waals surface area (Å²) in [5.41, 5.74) is 3.26. The zero-order valence-electron chi connectivity index (χ0n) is 16.2. The molecular weight excluding hydrogens is 370 g/mol. The standard InChI is InChI=1S/C22H23N3O2S/c1-15-14-17-6-4-5-7-20(17)25(15)21(26)16(2)28-22-23-12-13-24(22)18-8-10-19(27-3)11-9-18/h4-13,15-16H,14H2,1-3H3. The Bertz CT molecular complexity index is 983. The van der Waals surface area contributed by atoms with Crippen LogP contribution in [-0.2, 0) is 11.2 Å². The number of ether oxygens (including phenoxy) is 1. The van der Waals surface area contributed by atoms with Crippen LogP contribution in [0.2, 0.25) is 0 Å². The average molecular weight is 394 g/mol. The highest BCUT2D eigenvalue weighted by atomic mass is 32.2. The van der Waals surface area contributed by atoms with E-state index < -0.39 is 0 Å². The number of benzene rings is 2. The minimum absolute atomic E-state index is 0.117. The molecule has 28 heavy (non-hydrogen) atoms. The van der Waals surface area contributed by atoms with E-state index in [9.17, 15) is 4.79 Å². The lowest BCUT2D eigenvalue weighted by atomic mass is 10.1. The van der Waals surface area contributed by atoms with Crippen LogP contribution in [0.1, 0.15) is 19.4 Å². The van der Waals surface area contributed by atoms with Gasteiger partial charge in [0, 0.05) is 29.8 Å². The van der Waals surface area contributed by atoms with E-state index in [2.05, 4.69) is 18.0 Å². The van der Waals surface area contributed by atoms with Crippen LogP contribution in [0.5, 0.6) is 5.75 Å². The fourth-order valence-electron chi connectivity index (χ4n) is 3.62. The Morgan fingerprint density at radius 1 is 1.21 bits per heavy atom. The molecule has 1 aromatic heterocycles. The highest BCUT2D eigenvalue weighted by Crippen LogP contribution is 2.35. The van der Waals surface area contributed by atoms with E-state index in [4.69, 9.17) is 4.74 Å². The SMILES string of the molecule is COc1ccc(-n2ccnc2SC(C)C(=O)N2c3ccccc3CC2C)cc1. The number of imidazole rings is 1. The monoisotopic (exact) mass is 393 g/mol. The van der Waals surface area contributed by atoms with Crippen molar-refractivity contribution in [1.82, 2.24) is 9.55 Å². The van der Waals surface area contributed by atoms with Gasteiger partial charge in [0.25, 0.3) is 0 Å². The highest BCUT2D eigenvalue weighted by molar-refractivity contribution is 8.00. The van der Waals surface area contributed by atoms with E-state index >= 15 is 0 Å². The summed E-state index contributed by atoms with van der Waals surface area (Å²) in [4.78, 5) is 19.6. The zero-order valence-corrected chi connectivity index (χ0v) is 17.0. The Kier molecular flexibility index (Phi) is 5.13. The maximum absolute atomic E-state index is 13.2. The van der Waals surface area contributed by atoms with Gasteiger partial charge < -0.3 is 9.64 Å². The number of rotatable bonds is 5. The Hall–Kier alpha value is -2.73. The third kappa shape index (κ3) is 3.40. The van der Waals surface area contributed by atoms with Crippen molar-refractivity contribution in [3.8, 4) is 11.4 Å². The highest BCUT2D eigenvalue weighted by Gasteiger charge is 2.33. The number of nitrogens with zero attached hydrogens (tertiary/aromatic N) is 3. The lowest BCUT2D eigenvalue weighted by molar-refractivity contribution is -0.118. The molecular formula is C22H23N3O2S. The molecule has 1 aliphatic rings. The van der Waals surface area contributed by atoms with Crippen molar-refractivity contribution in [3.63, 3.8) is 0 Å². The van der Waals surface area contributed by atoms with Gasteiger partial charge in [-0.25, -0.2) is 4.98 Å². The summed E-state index contributed by atoms with van der Waals surface area (Å²) in [6, 6.07) is 16.1. The number of carbonyl (C=O) groups is 1. The quantitative estimate of drug-likeness (QED) is 0.605. The normalized spacial score (nSPS) is 16.7. The van der Waals surface area contributed by atoms with E-state index in [1.165, 1.54) is 17.3 Å². The molecule has 0 aliphatic carbocycles. The number of aromatic nitrogens is 2. The fourth-order valence-corrected chi connectivity index (χ4v) is 4.55. The summed E-state index contributed by atoms with van der Waals surface area (Å²) in [6.07, 6.45) is 4.58. The van der Waals surface area contributed by atoms with Gasteiger partial charge >= 0.3 is 0 Å². The van der Waals surface area contributed by atoms with Gasteiger partial charge in [-0.1, -0.05) is 30.0 Å². The van der Waals surface area contributed by atoms with Crippen molar-refractivity contribution in [2.24, 2.45) is 0 Å². The molecule has 0 bridgehead atoms. The molecule has 144 valence electrons. The maximum atomic E-state index is 13.2. The number of methoxy groups -OCH3 is 1. The molecule has 0 spiro atoms. The van der Waals surface area contributed by atoms with Crippen LogP contribution in [0.3, 0.4) is 0 Å². The number of para-hydroxylation sites is 1. The summed E-state index contributed by atoms with van der Waals surface area (Å²) >= 11 is 1.48. The van der Waals surface area contributed by atoms with Crippen LogP contribution in [0, 0.1) is 0 Å².